The smallest absolute Gasteiger partial charge is 0.132 e. The summed E-state index contributed by atoms with van der Waals surface area (Å²) in [6.45, 7) is 2.25. The number of rotatable bonds is 11. The van der Waals surface area contributed by atoms with Gasteiger partial charge in [0.15, 0.2) is 0 Å². The lowest BCUT2D eigenvalue weighted by Crippen LogP contribution is -2.16. The first-order chi connectivity index (χ1) is 16.3. The molecule has 168 valence electrons. The predicted octanol–water partition coefficient (Wildman–Crippen LogP) is 7.76. The molecule has 0 bridgehead atoms. The van der Waals surface area contributed by atoms with Gasteiger partial charge < -0.3 is 0 Å². The van der Waals surface area contributed by atoms with Crippen LogP contribution in [0.15, 0.2) is 103 Å². The van der Waals surface area contributed by atoms with Crippen LogP contribution in [0.2, 0.25) is 0 Å². The molecular weight excluding hydrogens is 400 g/mol. The highest BCUT2D eigenvalue weighted by Gasteiger charge is 2.27. The van der Waals surface area contributed by atoms with Gasteiger partial charge in [-0.05, 0) is 54.4 Å². The third-order valence-corrected chi connectivity index (χ3v) is 6.40. The topological polar surface area (TPSA) is 25.8 Å². The summed E-state index contributed by atoms with van der Waals surface area (Å²) in [5.41, 5.74) is 5.31. The molecule has 0 saturated heterocycles. The first-order valence-corrected chi connectivity index (χ1v) is 12.3. The molecule has 0 saturated carbocycles. The molecule has 0 fully saturated rings. The SMILES string of the molecule is CCCC(c1ncc(CCCCc2ccccc2)cn1)C(c1ccccc1)c1ccccc1. The van der Waals surface area contributed by atoms with Crippen LogP contribution in [0.4, 0.5) is 0 Å². The van der Waals surface area contributed by atoms with Crippen molar-refractivity contribution in [2.75, 3.05) is 0 Å². The van der Waals surface area contributed by atoms with E-state index in [1.54, 1.807) is 0 Å². The van der Waals surface area contributed by atoms with Gasteiger partial charge in [0.25, 0.3) is 0 Å². The van der Waals surface area contributed by atoms with E-state index >= 15 is 0 Å². The van der Waals surface area contributed by atoms with Gasteiger partial charge in [0.05, 0.1) is 0 Å². The molecule has 0 N–H and O–H groups in total. The normalized spacial score (nSPS) is 12.1. The summed E-state index contributed by atoms with van der Waals surface area (Å²) in [5, 5.41) is 0. The minimum atomic E-state index is 0.254. The highest BCUT2D eigenvalue weighted by Crippen LogP contribution is 2.39. The first-order valence-electron chi connectivity index (χ1n) is 12.3. The van der Waals surface area contributed by atoms with E-state index in [-0.39, 0.29) is 11.8 Å². The van der Waals surface area contributed by atoms with Crippen molar-refractivity contribution in [2.24, 2.45) is 0 Å². The number of aromatic nitrogens is 2. The standard InChI is InChI=1S/C31H34N2/c1-2-14-29(30(27-19-8-4-9-20-27)28-21-10-5-11-22-28)31-32-23-26(24-33-31)18-13-12-17-25-15-6-3-7-16-25/h3-11,15-16,19-24,29-30H,2,12-14,17-18H2,1H3. The van der Waals surface area contributed by atoms with Gasteiger partial charge in [0.1, 0.15) is 5.82 Å². The van der Waals surface area contributed by atoms with Gasteiger partial charge in [-0.25, -0.2) is 9.97 Å². The molecule has 0 amide bonds. The molecule has 3 aromatic carbocycles. The molecule has 0 aliphatic carbocycles. The lowest BCUT2D eigenvalue weighted by molar-refractivity contribution is 0.522. The molecule has 33 heavy (non-hydrogen) atoms. The number of hydrogen-bond donors (Lipinski definition) is 0. The van der Waals surface area contributed by atoms with Crippen molar-refractivity contribution in [3.05, 3.63) is 131 Å². The second-order valence-corrected chi connectivity index (χ2v) is 8.84. The van der Waals surface area contributed by atoms with E-state index in [1.807, 2.05) is 0 Å². The molecule has 1 atom stereocenters. The van der Waals surface area contributed by atoms with E-state index in [9.17, 15) is 0 Å². The Bertz CT molecular complexity index is 1020. The summed E-state index contributed by atoms with van der Waals surface area (Å²) >= 11 is 0. The summed E-state index contributed by atoms with van der Waals surface area (Å²) in [7, 11) is 0. The summed E-state index contributed by atoms with van der Waals surface area (Å²) in [6, 6.07) is 32.4. The summed E-state index contributed by atoms with van der Waals surface area (Å²) < 4.78 is 0. The van der Waals surface area contributed by atoms with Crippen LogP contribution in [0, 0.1) is 0 Å². The van der Waals surface area contributed by atoms with Crippen molar-refractivity contribution >= 4 is 0 Å². The Morgan fingerprint density at radius 1 is 0.606 bits per heavy atom. The molecule has 4 rings (SSSR count). The minimum absolute atomic E-state index is 0.254. The molecule has 2 nitrogen and oxygen atoms in total. The van der Waals surface area contributed by atoms with E-state index in [0.29, 0.717) is 0 Å². The monoisotopic (exact) mass is 434 g/mol. The Kier molecular flexibility index (Phi) is 8.41. The van der Waals surface area contributed by atoms with E-state index < -0.39 is 0 Å². The van der Waals surface area contributed by atoms with Crippen molar-refractivity contribution in [2.45, 2.75) is 57.3 Å². The van der Waals surface area contributed by atoms with Gasteiger partial charge in [-0.1, -0.05) is 104 Å². The maximum atomic E-state index is 4.90. The Morgan fingerprint density at radius 2 is 1.09 bits per heavy atom. The second kappa shape index (κ2) is 12.1. The zero-order valence-corrected chi connectivity index (χ0v) is 19.6. The molecule has 1 heterocycles. The number of benzene rings is 3. The molecule has 1 unspecified atom stereocenters. The van der Waals surface area contributed by atoms with Crippen LogP contribution in [-0.4, -0.2) is 9.97 Å². The number of hydrogen-bond acceptors (Lipinski definition) is 2. The molecule has 0 aliphatic rings. The third-order valence-electron chi connectivity index (χ3n) is 6.40. The Hall–Kier alpha value is -3.26. The van der Waals surface area contributed by atoms with Crippen molar-refractivity contribution in [3.8, 4) is 0 Å². The van der Waals surface area contributed by atoms with Crippen LogP contribution in [-0.2, 0) is 12.8 Å². The highest BCUT2D eigenvalue weighted by atomic mass is 14.9. The second-order valence-electron chi connectivity index (χ2n) is 8.84. The van der Waals surface area contributed by atoms with Crippen LogP contribution in [0.5, 0.6) is 0 Å². The molecular formula is C31H34N2. The van der Waals surface area contributed by atoms with Crippen LogP contribution < -0.4 is 0 Å². The molecule has 2 heteroatoms. The molecule has 0 aliphatic heterocycles. The molecule has 0 spiro atoms. The zero-order chi connectivity index (χ0) is 22.7. The summed E-state index contributed by atoms with van der Waals surface area (Å²) in [4.78, 5) is 9.79. The fraction of sp³-hybridized carbons (Fsp3) is 0.290. The lowest BCUT2D eigenvalue weighted by Gasteiger charge is -2.27. The van der Waals surface area contributed by atoms with E-state index in [4.69, 9.17) is 9.97 Å². The largest absolute Gasteiger partial charge is 0.241 e. The Morgan fingerprint density at radius 3 is 1.61 bits per heavy atom. The zero-order valence-electron chi connectivity index (χ0n) is 19.6. The Labute approximate surface area is 198 Å². The number of nitrogens with zero attached hydrogens (tertiary/aromatic N) is 2. The third kappa shape index (κ3) is 6.38. The van der Waals surface area contributed by atoms with Crippen LogP contribution >= 0.6 is 0 Å². The average molecular weight is 435 g/mol. The first kappa shape index (κ1) is 22.9. The average Bonchev–Trinajstić information content (AvgIpc) is 2.89. The Balaban J connectivity index is 1.48. The van der Waals surface area contributed by atoms with Crippen molar-refractivity contribution < 1.29 is 0 Å². The van der Waals surface area contributed by atoms with Crippen LogP contribution in [0.1, 0.15) is 72.5 Å². The van der Waals surface area contributed by atoms with Gasteiger partial charge in [0, 0.05) is 24.2 Å². The van der Waals surface area contributed by atoms with E-state index in [2.05, 4.69) is 110 Å². The fourth-order valence-electron chi connectivity index (χ4n) is 4.72. The summed E-state index contributed by atoms with van der Waals surface area (Å²) in [5.74, 6) is 1.47. The van der Waals surface area contributed by atoms with Crippen molar-refractivity contribution in [1.82, 2.24) is 9.97 Å². The number of aryl methyl sites for hydroxylation is 2. The predicted molar refractivity (Wildman–Crippen MR) is 137 cm³/mol. The van der Waals surface area contributed by atoms with Gasteiger partial charge >= 0.3 is 0 Å². The molecule has 4 aromatic rings. The molecule has 1 aromatic heterocycles. The van der Waals surface area contributed by atoms with Gasteiger partial charge in [-0.2, -0.15) is 0 Å². The van der Waals surface area contributed by atoms with E-state index in [0.717, 1.165) is 37.9 Å². The molecule has 0 radical (unpaired) electrons. The maximum absolute atomic E-state index is 4.90. The quantitative estimate of drug-likeness (QED) is 0.225. The number of unbranched alkanes of at least 4 members (excludes halogenated alkanes) is 1. The van der Waals surface area contributed by atoms with Gasteiger partial charge in [-0.15, -0.1) is 0 Å². The van der Waals surface area contributed by atoms with Gasteiger partial charge in [0.2, 0.25) is 0 Å². The minimum Gasteiger partial charge on any atom is -0.241 e. The maximum Gasteiger partial charge on any atom is 0.132 e. The fourth-order valence-corrected chi connectivity index (χ4v) is 4.72. The summed E-state index contributed by atoms with van der Waals surface area (Å²) in [6.07, 6.45) is 10.8. The van der Waals surface area contributed by atoms with Gasteiger partial charge in [-0.3, -0.25) is 0 Å². The lowest BCUT2D eigenvalue weighted by atomic mass is 9.78. The van der Waals surface area contributed by atoms with E-state index in [1.165, 1.54) is 28.7 Å². The van der Waals surface area contributed by atoms with Crippen molar-refractivity contribution in [3.63, 3.8) is 0 Å². The highest BCUT2D eigenvalue weighted by molar-refractivity contribution is 5.36. The van der Waals surface area contributed by atoms with Crippen LogP contribution in [0.3, 0.4) is 0 Å². The van der Waals surface area contributed by atoms with Crippen molar-refractivity contribution in [1.29, 1.82) is 0 Å². The van der Waals surface area contributed by atoms with Crippen LogP contribution in [0.25, 0.3) is 0 Å².